The van der Waals surface area contributed by atoms with E-state index >= 15 is 0 Å². The Balaban J connectivity index is 1.56. The first kappa shape index (κ1) is 17.0. The zero-order chi connectivity index (χ0) is 17.5. The second-order valence-corrected chi connectivity index (χ2v) is 6.11. The van der Waals surface area contributed by atoms with Gasteiger partial charge in [-0.2, -0.15) is 0 Å². The first-order valence-electron chi connectivity index (χ1n) is 7.73. The van der Waals surface area contributed by atoms with E-state index in [1.165, 1.54) is 11.8 Å². The molecule has 0 saturated carbocycles. The van der Waals surface area contributed by atoms with Gasteiger partial charge in [0, 0.05) is 24.3 Å². The van der Waals surface area contributed by atoms with Crippen molar-refractivity contribution >= 4 is 17.7 Å². The van der Waals surface area contributed by atoms with E-state index in [-0.39, 0.29) is 5.91 Å². The molecule has 0 fully saturated rings. The molecule has 0 spiro atoms. The smallest absolute Gasteiger partial charge is 0.230 e. The number of pyridine rings is 1. The standard InChI is InChI=1S/C18H18N4O2S/c1-24-16-7-5-15(6-8-16)22-11-10-20-18(22)25-13-17(23)21-12-14-4-2-3-9-19-14/h2-11H,12-13H2,1H3,(H,21,23). The summed E-state index contributed by atoms with van der Waals surface area (Å²) in [6.45, 7) is 0.424. The van der Waals surface area contributed by atoms with Crippen molar-refractivity contribution in [1.82, 2.24) is 19.9 Å². The summed E-state index contributed by atoms with van der Waals surface area (Å²) in [6, 6.07) is 13.3. The minimum atomic E-state index is -0.0556. The Kier molecular flexibility index (Phi) is 5.69. The first-order valence-corrected chi connectivity index (χ1v) is 8.72. The highest BCUT2D eigenvalue weighted by Gasteiger charge is 2.09. The van der Waals surface area contributed by atoms with Crippen molar-refractivity contribution in [1.29, 1.82) is 0 Å². The van der Waals surface area contributed by atoms with Crippen molar-refractivity contribution in [3.8, 4) is 11.4 Å². The molecule has 7 heteroatoms. The molecule has 3 aromatic rings. The number of benzene rings is 1. The van der Waals surface area contributed by atoms with Gasteiger partial charge >= 0.3 is 0 Å². The number of imidazole rings is 1. The summed E-state index contributed by atoms with van der Waals surface area (Å²) in [5.41, 5.74) is 1.80. The zero-order valence-corrected chi connectivity index (χ0v) is 14.6. The number of carbonyl (C=O) groups excluding carboxylic acids is 1. The van der Waals surface area contributed by atoms with Crippen molar-refractivity contribution in [3.05, 3.63) is 66.7 Å². The lowest BCUT2D eigenvalue weighted by Crippen LogP contribution is -2.25. The number of carbonyl (C=O) groups is 1. The number of amides is 1. The summed E-state index contributed by atoms with van der Waals surface area (Å²) in [4.78, 5) is 20.5. The molecular formula is C18H18N4O2S. The number of rotatable bonds is 7. The molecule has 2 heterocycles. The molecule has 6 nitrogen and oxygen atoms in total. The van der Waals surface area contributed by atoms with Crippen LogP contribution in [-0.4, -0.2) is 33.3 Å². The molecule has 0 radical (unpaired) electrons. The Morgan fingerprint density at radius 2 is 2.00 bits per heavy atom. The van der Waals surface area contributed by atoms with Gasteiger partial charge in [-0.15, -0.1) is 0 Å². The Bertz CT molecular complexity index is 819. The predicted molar refractivity (Wildman–Crippen MR) is 96.9 cm³/mol. The Morgan fingerprint density at radius 3 is 2.72 bits per heavy atom. The summed E-state index contributed by atoms with van der Waals surface area (Å²) in [5, 5.41) is 3.62. The van der Waals surface area contributed by atoms with Gasteiger partial charge in [0.15, 0.2) is 5.16 Å². The number of hydrogen-bond donors (Lipinski definition) is 1. The third kappa shape index (κ3) is 4.60. The molecule has 1 aromatic carbocycles. The van der Waals surface area contributed by atoms with Crippen LogP contribution in [0, 0.1) is 0 Å². The highest BCUT2D eigenvalue weighted by Crippen LogP contribution is 2.22. The normalized spacial score (nSPS) is 10.4. The van der Waals surface area contributed by atoms with Crippen LogP contribution in [0.15, 0.2) is 66.2 Å². The molecule has 1 N–H and O–H groups in total. The molecule has 2 aromatic heterocycles. The van der Waals surface area contributed by atoms with Gasteiger partial charge in [-0.1, -0.05) is 17.8 Å². The third-order valence-electron chi connectivity index (χ3n) is 3.48. The number of nitrogens with zero attached hydrogens (tertiary/aromatic N) is 3. The zero-order valence-electron chi connectivity index (χ0n) is 13.8. The lowest BCUT2D eigenvalue weighted by Gasteiger charge is -2.08. The number of hydrogen-bond acceptors (Lipinski definition) is 5. The number of ether oxygens (including phenoxy) is 1. The molecule has 0 aliphatic heterocycles. The molecule has 0 atom stereocenters. The molecule has 3 rings (SSSR count). The van der Waals surface area contributed by atoms with E-state index in [0.29, 0.717) is 12.3 Å². The molecule has 0 aliphatic rings. The lowest BCUT2D eigenvalue weighted by molar-refractivity contribution is -0.118. The van der Waals surface area contributed by atoms with Crippen LogP contribution in [-0.2, 0) is 11.3 Å². The molecule has 0 bridgehead atoms. The van der Waals surface area contributed by atoms with Crippen LogP contribution < -0.4 is 10.1 Å². The maximum atomic E-state index is 12.0. The summed E-state index contributed by atoms with van der Waals surface area (Å²) in [7, 11) is 1.64. The predicted octanol–water partition coefficient (Wildman–Crippen LogP) is 2.68. The van der Waals surface area contributed by atoms with Crippen LogP contribution in [0.2, 0.25) is 0 Å². The molecule has 128 valence electrons. The molecule has 0 saturated heterocycles. The fourth-order valence-electron chi connectivity index (χ4n) is 2.21. The van der Waals surface area contributed by atoms with Gasteiger partial charge in [-0.3, -0.25) is 14.3 Å². The number of methoxy groups -OCH3 is 1. The average molecular weight is 354 g/mol. The van der Waals surface area contributed by atoms with Crippen molar-refractivity contribution in [3.63, 3.8) is 0 Å². The fraction of sp³-hybridized carbons (Fsp3) is 0.167. The second-order valence-electron chi connectivity index (χ2n) is 5.16. The number of nitrogens with one attached hydrogen (secondary N) is 1. The fourth-order valence-corrected chi connectivity index (χ4v) is 3.01. The van der Waals surface area contributed by atoms with E-state index in [1.807, 2.05) is 53.2 Å². The highest BCUT2D eigenvalue weighted by molar-refractivity contribution is 7.99. The summed E-state index contributed by atoms with van der Waals surface area (Å²) in [5.74, 6) is 1.03. The molecule has 0 unspecified atom stereocenters. The van der Waals surface area contributed by atoms with Crippen molar-refractivity contribution in [2.75, 3.05) is 12.9 Å². The topological polar surface area (TPSA) is 69.0 Å². The van der Waals surface area contributed by atoms with E-state index in [0.717, 1.165) is 22.3 Å². The molecule has 25 heavy (non-hydrogen) atoms. The van der Waals surface area contributed by atoms with Crippen molar-refractivity contribution in [2.24, 2.45) is 0 Å². The lowest BCUT2D eigenvalue weighted by atomic mass is 10.3. The maximum absolute atomic E-state index is 12.0. The van der Waals surface area contributed by atoms with Gasteiger partial charge in [0.25, 0.3) is 0 Å². The second kappa shape index (κ2) is 8.34. The van der Waals surface area contributed by atoms with Gasteiger partial charge in [0.05, 0.1) is 25.1 Å². The number of aromatic nitrogens is 3. The summed E-state index contributed by atoms with van der Waals surface area (Å²) >= 11 is 1.39. The van der Waals surface area contributed by atoms with E-state index in [4.69, 9.17) is 4.74 Å². The number of thioether (sulfide) groups is 1. The van der Waals surface area contributed by atoms with Crippen LogP contribution >= 0.6 is 11.8 Å². The quantitative estimate of drug-likeness (QED) is 0.661. The van der Waals surface area contributed by atoms with Crippen LogP contribution in [0.4, 0.5) is 0 Å². The van der Waals surface area contributed by atoms with Gasteiger partial charge in [0.1, 0.15) is 5.75 Å². The summed E-state index contributed by atoms with van der Waals surface area (Å²) < 4.78 is 7.11. The van der Waals surface area contributed by atoms with Gasteiger partial charge < -0.3 is 10.1 Å². The minimum absolute atomic E-state index is 0.0556. The largest absolute Gasteiger partial charge is 0.497 e. The average Bonchev–Trinajstić information content (AvgIpc) is 3.14. The van der Waals surface area contributed by atoms with Gasteiger partial charge in [-0.05, 0) is 36.4 Å². The van der Waals surface area contributed by atoms with Crippen LogP contribution in [0.3, 0.4) is 0 Å². The molecule has 0 aliphatic carbocycles. The summed E-state index contributed by atoms with van der Waals surface area (Å²) in [6.07, 6.45) is 5.30. The maximum Gasteiger partial charge on any atom is 0.230 e. The van der Waals surface area contributed by atoms with E-state index in [2.05, 4.69) is 15.3 Å². The van der Waals surface area contributed by atoms with Crippen molar-refractivity contribution in [2.45, 2.75) is 11.7 Å². The van der Waals surface area contributed by atoms with Crippen LogP contribution in [0.25, 0.3) is 5.69 Å². The Morgan fingerprint density at radius 1 is 1.16 bits per heavy atom. The van der Waals surface area contributed by atoms with Crippen molar-refractivity contribution < 1.29 is 9.53 Å². The highest BCUT2D eigenvalue weighted by atomic mass is 32.2. The SMILES string of the molecule is COc1ccc(-n2ccnc2SCC(=O)NCc2ccccn2)cc1. The van der Waals surface area contributed by atoms with Gasteiger partial charge in [-0.25, -0.2) is 4.98 Å². The first-order chi connectivity index (χ1) is 12.3. The Labute approximate surface area is 150 Å². The molecular weight excluding hydrogens is 336 g/mol. The molecule has 1 amide bonds. The monoisotopic (exact) mass is 354 g/mol. The third-order valence-corrected chi connectivity index (χ3v) is 4.45. The van der Waals surface area contributed by atoms with Crippen LogP contribution in [0.1, 0.15) is 5.69 Å². The Hall–Kier alpha value is -2.80. The minimum Gasteiger partial charge on any atom is -0.497 e. The van der Waals surface area contributed by atoms with E-state index < -0.39 is 0 Å². The van der Waals surface area contributed by atoms with E-state index in [1.54, 1.807) is 19.5 Å². The van der Waals surface area contributed by atoms with Crippen LogP contribution in [0.5, 0.6) is 5.75 Å². The van der Waals surface area contributed by atoms with Gasteiger partial charge in [0.2, 0.25) is 5.91 Å². The van der Waals surface area contributed by atoms with E-state index in [9.17, 15) is 4.79 Å².